The Morgan fingerprint density at radius 1 is 0.789 bits per heavy atom. The first-order valence-corrected chi connectivity index (χ1v) is 12.0. The standard InChI is InChI=1S/C27H22N4O6S/c1-36-23-13-8-20(9-14-23)28-27(19-6-4-3-5-7-19)29(21-10-15-24(37-2)16-11-21)38-26-17-12-22(30(32)33)18-25(26)31(34)35/h3-18H,1-2H3. The van der Waals surface area contributed by atoms with Crippen molar-refractivity contribution in [3.05, 3.63) is 123 Å². The monoisotopic (exact) mass is 530 g/mol. The molecule has 0 aliphatic heterocycles. The molecule has 4 rings (SSSR count). The zero-order chi connectivity index (χ0) is 27.1. The van der Waals surface area contributed by atoms with Crippen LogP contribution in [0.2, 0.25) is 0 Å². The summed E-state index contributed by atoms with van der Waals surface area (Å²) < 4.78 is 12.3. The first-order chi connectivity index (χ1) is 18.4. The largest absolute Gasteiger partial charge is 0.497 e. The van der Waals surface area contributed by atoms with E-state index in [1.165, 1.54) is 12.1 Å². The van der Waals surface area contributed by atoms with E-state index in [0.717, 1.165) is 23.6 Å². The molecule has 0 fully saturated rings. The molecule has 0 bridgehead atoms. The molecule has 0 heterocycles. The Kier molecular flexibility index (Phi) is 8.19. The molecule has 4 aromatic rings. The van der Waals surface area contributed by atoms with E-state index in [4.69, 9.17) is 14.5 Å². The molecule has 0 aromatic heterocycles. The number of ether oxygens (including phenoxy) is 2. The van der Waals surface area contributed by atoms with Gasteiger partial charge in [-0.25, -0.2) is 4.99 Å². The molecule has 10 nitrogen and oxygen atoms in total. The van der Waals surface area contributed by atoms with Gasteiger partial charge in [-0.15, -0.1) is 0 Å². The van der Waals surface area contributed by atoms with Crippen LogP contribution >= 0.6 is 11.9 Å². The molecular weight excluding hydrogens is 508 g/mol. The molecule has 0 saturated heterocycles. The van der Waals surface area contributed by atoms with Crippen molar-refractivity contribution in [2.75, 3.05) is 18.5 Å². The second-order valence-electron chi connectivity index (χ2n) is 7.75. The van der Waals surface area contributed by atoms with Gasteiger partial charge in [0.2, 0.25) is 0 Å². The fraction of sp³-hybridized carbons (Fsp3) is 0.0741. The molecule has 0 saturated carbocycles. The van der Waals surface area contributed by atoms with Crippen LogP contribution < -0.4 is 13.8 Å². The van der Waals surface area contributed by atoms with Gasteiger partial charge in [0.05, 0.1) is 41.5 Å². The number of aliphatic imine (C=N–C) groups is 1. The lowest BCUT2D eigenvalue weighted by Crippen LogP contribution is -2.25. The summed E-state index contributed by atoms with van der Waals surface area (Å²) in [6.07, 6.45) is 0. The summed E-state index contributed by atoms with van der Waals surface area (Å²) in [6, 6.07) is 27.2. The lowest BCUT2D eigenvalue weighted by molar-refractivity contribution is -0.396. The molecule has 0 amide bonds. The third-order valence-corrected chi connectivity index (χ3v) is 6.49. The third-order valence-electron chi connectivity index (χ3n) is 5.38. The molecule has 0 radical (unpaired) electrons. The number of hydrogen-bond donors (Lipinski definition) is 0. The Balaban J connectivity index is 1.90. The van der Waals surface area contributed by atoms with Gasteiger partial charge in [-0.2, -0.15) is 0 Å². The second-order valence-corrected chi connectivity index (χ2v) is 8.74. The second kappa shape index (κ2) is 11.9. The number of non-ortho nitro benzene ring substituents is 1. The van der Waals surface area contributed by atoms with Gasteiger partial charge in [-0.3, -0.25) is 24.5 Å². The Morgan fingerprint density at radius 3 is 1.95 bits per heavy atom. The average Bonchev–Trinajstić information content (AvgIpc) is 2.95. The highest BCUT2D eigenvalue weighted by Crippen LogP contribution is 2.39. The number of hydrogen-bond acceptors (Lipinski definition) is 8. The number of anilines is 1. The minimum absolute atomic E-state index is 0.204. The van der Waals surface area contributed by atoms with E-state index in [9.17, 15) is 20.2 Å². The zero-order valence-corrected chi connectivity index (χ0v) is 21.2. The number of benzene rings is 4. The summed E-state index contributed by atoms with van der Waals surface area (Å²) in [5.41, 5.74) is 1.27. The van der Waals surface area contributed by atoms with Crippen LogP contribution in [0.4, 0.5) is 22.7 Å². The van der Waals surface area contributed by atoms with Gasteiger partial charge >= 0.3 is 0 Å². The normalized spacial score (nSPS) is 11.1. The molecule has 0 N–H and O–H groups in total. The van der Waals surface area contributed by atoms with Gasteiger partial charge in [0.15, 0.2) is 5.84 Å². The number of nitrogens with zero attached hydrogens (tertiary/aromatic N) is 4. The number of amidine groups is 1. The quantitative estimate of drug-likeness (QED) is 0.0760. The van der Waals surface area contributed by atoms with Gasteiger partial charge in [0.25, 0.3) is 11.4 Å². The maximum atomic E-state index is 11.9. The minimum atomic E-state index is -0.663. The summed E-state index contributed by atoms with van der Waals surface area (Å²) >= 11 is 1.03. The van der Waals surface area contributed by atoms with Gasteiger partial charge < -0.3 is 9.47 Å². The molecular formula is C27H22N4O6S. The summed E-state index contributed by atoms with van der Waals surface area (Å²) in [5, 5.41) is 23.1. The van der Waals surface area contributed by atoms with Crippen LogP contribution in [0, 0.1) is 20.2 Å². The van der Waals surface area contributed by atoms with E-state index >= 15 is 0 Å². The first kappa shape index (κ1) is 26.2. The van der Waals surface area contributed by atoms with Crippen LogP contribution in [0.3, 0.4) is 0 Å². The predicted octanol–water partition coefficient (Wildman–Crippen LogP) is 6.81. The Labute approximate surface area is 222 Å². The predicted molar refractivity (Wildman–Crippen MR) is 147 cm³/mol. The fourth-order valence-corrected chi connectivity index (χ4v) is 4.48. The minimum Gasteiger partial charge on any atom is -0.497 e. The smallest absolute Gasteiger partial charge is 0.291 e. The van der Waals surface area contributed by atoms with Crippen LogP contribution in [0.1, 0.15) is 5.56 Å². The van der Waals surface area contributed by atoms with Crippen LogP contribution in [-0.2, 0) is 0 Å². The van der Waals surface area contributed by atoms with E-state index < -0.39 is 9.85 Å². The van der Waals surface area contributed by atoms with Crippen LogP contribution in [-0.4, -0.2) is 29.9 Å². The van der Waals surface area contributed by atoms with Crippen LogP contribution in [0.25, 0.3) is 0 Å². The molecule has 11 heteroatoms. The molecule has 192 valence electrons. The number of nitro groups is 2. The number of nitro benzene ring substituents is 2. The highest BCUT2D eigenvalue weighted by Gasteiger charge is 2.25. The molecule has 0 atom stereocenters. The summed E-state index contributed by atoms with van der Waals surface area (Å²) in [7, 11) is 3.13. The van der Waals surface area contributed by atoms with E-state index in [1.54, 1.807) is 67.1 Å². The topological polar surface area (TPSA) is 120 Å². The SMILES string of the molecule is COc1ccc(N=C(c2ccccc2)N(Sc2ccc([N+](=O)[O-])cc2[N+](=O)[O-])c2ccc(OC)cc2)cc1. The van der Waals surface area contributed by atoms with Gasteiger partial charge in [0, 0.05) is 23.6 Å². The van der Waals surface area contributed by atoms with E-state index in [1.807, 2.05) is 30.3 Å². The van der Waals surface area contributed by atoms with Crippen molar-refractivity contribution in [3.63, 3.8) is 0 Å². The van der Waals surface area contributed by atoms with Crippen molar-refractivity contribution in [2.45, 2.75) is 4.90 Å². The van der Waals surface area contributed by atoms with Crippen molar-refractivity contribution in [1.29, 1.82) is 0 Å². The molecule has 0 unspecified atom stereocenters. The molecule has 0 aliphatic rings. The van der Waals surface area contributed by atoms with E-state index in [0.29, 0.717) is 28.7 Å². The van der Waals surface area contributed by atoms with Gasteiger partial charge in [0.1, 0.15) is 16.4 Å². The van der Waals surface area contributed by atoms with Crippen LogP contribution in [0.5, 0.6) is 11.5 Å². The number of methoxy groups -OCH3 is 2. The highest BCUT2D eigenvalue weighted by atomic mass is 32.2. The zero-order valence-electron chi connectivity index (χ0n) is 20.4. The molecule has 0 spiro atoms. The Bertz CT molecular complexity index is 1460. The van der Waals surface area contributed by atoms with E-state index in [-0.39, 0.29) is 16.3 Å². The first-order valence-electron chi connectivity index (χ1n) is 11.2. The van der Waals surface area contributed by atoms with Gasteiger partial charge in [-0.1, -0.05) is 30.3 Å². The molecule has 0 aliphatic carbocycles. The van der Waals surface area contributed by atoms with E-state index in [2.05, 4.69) is 0 Å². The van der Waals surface area contributed by atoms with Crippen molar-refractivity contribution in [2.24, 2.45) is 4.99 Å². The Morgan fingerprint density at radius 2 is 1.39 bits per heavy atom. The molecule has 38 heavy (non-hydrogen) atoms. The lowest BCUT2D eigenvalue weighted by atomic mass is 10.2. The lowest BCUT2D eigenvalue weighted by Gasteiger charge is -2.25. The molecule has 4 aromatic carbocycles. The number of rotatable bonds is 9. The van der Waals surface area contributed by atoms with Crippen molar-refractivity contribution >= 4 is 40.5 Å². The van der Waals surface area contributed by atoms with Crippen molar-refractivity contribution in [1.82, 2.24) is 0 Å². The maximum absolute atomic E-state index is 11.9. The fourth-order valence-electron chi connectivity index (χ4n) is 3.47. The maximum Gasteiger partial charge on any atom is 0.291 e. The Hall–Kier alpha value is -4.90. The van der Waals surface area contributed by atoms with Crippen molar-refractivity contribution < 1.29 is 19.3 Å². The van der Waals surface area contributed by atoms with Crippen LogP contribution in [0.15, 0.2) is 107 Å². The average molecular weight is 531 g/mol. The third kappa shape index (κ3) is 6.08. The summed E-state index contributed by atoms with van der Waals surface area (Å²) in [5.74, 6) is 1.79. The van der Waals surface area contributed by atoms with Gasteiger partial charge in [-0.05, 0) is 54.6 Å². The van der Waals surface area contributed by atoms with Crippen molar-refractivity contribution in [3.8, 4) is 11.5 Å². The summed E-state index contributed by atoms with van der Waals surface area (Å²) in [6.45, 7) is 0. The summed E-state index contributed by atoms with van der Waals surface area (Å²) in [4.78, 5) is 26.9. The highest BCUT2D eigenvalue weighted by molar-refractivity contribution is 8.01.